The Morgan fingerprint density at radius 1 is 1.26 bits per heavy atom. The lowest BCUT2D eigenvalue weighted by atomic mass is 10.1. The van der Waals surface area contributed by atoms with Crippen LogP contribution in [0.3, 0.4) is 0 Å². The number of thiophene rings is 1. The van der Waals surface area contributed by atoms with Crippen molar-refractivity contribution in [2.24, 2.45) is 0 Å². The summed E-state index contributed by atoms with van der Waals surface area (Å²) in [7, 11) is -3.78. The van der Waals surface area contributed by atoms with Gasteiger partial charge in [0.2, 0.25) is 0 Å². The van der Waals surface area contributed by atoms with E-state index in [1.165, 1.54) is 12.1 Å². The fraction of sp³-hybridized carbons (Fsp3) is 0.267. The van der Waals surface area contributed by atoms with Crippen molar-refractivity contribution in [2.45, 2.75) is 30.5 Å². The molecule has 2 rings (SSSR count). The van der Waals surface area contributed by atoms with E-state index in [-0.39, 0.29) is 27.4 Å². The molecule has 0 fully saturated rings. The zero-order chi connectivity index (χ0) is 17.0. The second-order valence-corrected chi connectivity index (χ2v) is 8.62. The van der Waals surface area contributed by atoms with E-state index in [0.29, 0.717) is 4.34 Å². The van der Waals surface area contributed by atoms with Crippen molar-refractivity contribution in [3.8, 4) is 0 Å². The van der Waals surface area contributed by atoms with E-state index in [0.717, 1.165) is 17.8 Å². The van der Waals surface area contributed by atoms with E-state index in [1.54, 1.807) is 24.3 Å². The molecule has 2 aromatic rings. The molecule has 2 N–H and O–H groups in total. The summed E-state index contributed by atoms with van der Waals surface area (Å²) in [6.45, 7) is 3.85. The first-order valence-electron chi connectivity index (χ1n) is 7.01. The Kier molecular flexibility index (Phi) is 5.67. The molecule has 0 bridgehead atoms. The van der Waals surface area contributed by atoms with Gasteiger partial charge in [-0.15, -0.1) is 11.3 Å². The smallest absolute Gasteiger partial charge is 0.271 e. The predicted molar refractivity (Wildman–Crippen MR) is 93.8 cm³/mol. The zero-order valence-corrected chi connectivity index (χ0v) is 15.1. The third-order valence-corrected chi connectivity index (χ3v) is 6.31. The third kappa shape index (κ3) is 4.46. The molecule has 5 nitrogen and oxygen atoms in total. The van der Waals surface area contributed by atoms with Crippen LogP contribution in [0.15, 0.2) is 40.6 Å². The Labute approximate surface area is 144 Å². The van der Waals surface area contributed by atoms with Gasteiger partial charge in [-0.1, -0.05) is 30.7 Å². The first-order valence-corrected chi connectivity index (χ1v) is 9.69. The average molecular weight is 373 g/mol. The number of anilines is 1. The summed E-state index contributed by atoms with van der Waals surface area (Å²) >= 11 is 6.74. The maximum Gasteiger partial charge on any atom is 0.271 e. The van der Waals surface area contributed by atoms with Crippen LogP contribution in [0.25, 0.3) is 0 Å². The molecule has 0 radical (unpaired) electrons. The van der Waals surface area contributed by atoms with Gasteiger partial charge in [-0.2, -0.15) is 0 Å². The molecule has 1 amide bonds. The molecule has 0 unspecified atom stereocenters. The van der Waals surface area contributed by atoms with Crippen molar-refractivity contribution >= 4 is 44.6 Å². The van der Waals surface area contributed by atoms with Gasteiger partial charge in [-0.05, 0) is 37.6 Å². The van der Waals surface area contributed by atoms with Crippen molar-refractivity contribution < 1.29 is 13.2 Å². The van der Waals surface area contributed by atoms with Crippen molar-refractivity contribution in [1.82, 2.24) is 5.32 Å². The molecule has 0 aliphatic carbocycles. The summed E-state index contributed by atoms with van der Waals surface area (Å²) in [6.07, 6.45) is 0.785. The number of carbonyl (C=O) groups excluding carboxylic acids is 1. The fourth-order valence-corrected chi connectivity index (χ4v) is 4.37. The molecular formula is C15H17ClN2O3S2. The maximum absolute atomic E-state index is 12.4. The molecule has 23 heavy (non-hydrogen) atoms. The van der Waals surface area contributed by atoms with Gasteiger partial charge in [0.1, 0.15) is 4.21 Å². The van der Waals surface area contributed by atoms with Gasteiger partial charge < -0.3 is 5.32 Å². The largest absolute Gasteiger partial charge is 0.350 e. The summed E-state index contributed by atoms with van der Waals surface area (Å²) in [5.74, 6) is -0.318. The predicted octanol–water partition coefficient (Wildman–Crippen LogP) is 3.73. The van der Waals surface area contributed by atoms with Crippen LogP contribution in [0.4, 0.5) is 5.69 Å². The fourth-order valence-electron chi connectivity index (χ4n) is 1.81. The maximum atomic E-state index is 12.4. The SMILES string of the molecule is CC[C@@H](C)NC(=O)c1ccccc1NS(=O)(=O)c1ccc(Cl)s1. The molecule has 1 aromatic heterocycles. The van der Waals surface area contributed by atoms with Crippen molar-refractivity contribution in [3.63, 3.8) is 0 Å². The number of amides is 1. The minimum Gasteiger partial charge on any atom is -0.350 e. The van der Waals surface area contributed by atoms with Crippen LogP contribution < -0.4 is 10.0 Å². The number of hydrogen-bond acceptors (Lipinski definition) is 4. The average Bonchev–Trinajstić information content (AvgIpc) is 2.94. The standard InChI is InChI=1S/C15H17ClN2O3S2/c1-3-10(2)17-15(19)11-6-4-5-7-12(11)18-23(20,21)14-9-8-13(16)22-14/h4-10,18H,3H2,1-2H3,(H,17,19)/t10-/m1/s1. The lowest BCUT2D eigenvalue weighted by Gasteiger charge is -2.15. The lowest BCUT2D eigenvalue weighted by Crippen LogP contribution is -2.32. The van der Waals surface area contributed by atoms with E-state index < -0.39 is 10.0 Å². The van der Waals surface area contributed by atoms with E-state index in [1.807, 2.05) is 13.8 Å². The Morgan fingerprint density at radius 3 is 2.57 bits per heavy atom. The third-order valence-electron chi connectivity index (χ3n) is 3.22. The van der Waals surface area contributed by atoms with Crippen LogP contribution in [0.5, 0.6) is 0 Å². The van der Waals surface area contributed by atoms with Gasteiger partial charge >= 0.3 is 0 Å². The van der Waals surface area contributed by atoms with Crippen LogP contribution in [-0.4, -0.2) is 20.4 Å². The normalized spacial score (nSPS) is 12.7. The summed E-state index contributed by atoms with van der Waals surface area (Å²) in [6, 6.07) is 9.43. The summed E-state index contributed by atoms with van der Waals surface area (Å²) < 4.78 is 27.7. The topological polar surface area (TPSA) is 75.3 Å². The van der Waals surface area contributed by atoms with Gasteiger partial charge in [0.25, 0.3) is 15.9 Å². The van der Waals surface area contributed by atoms with Gasteiger partial charge in [-0.25, -0.2) is 8.42 Å². The molecule has 1 heterocycles. The number of rotatable bonds is 6. The Balaban J connectivity index is 2.29. The minimum absolute atomic E-state index is 0.00302. The molecule has 0 saturated carbocycles. The monoisotopic (exact) mass is 372 g/mol. The lowest BCUT2D eigenvalue weighted by molar-refractivity contribution is 0.0940. The number of hydrogen-bond donors (Lipinski definition) is 2. The molecule has 1 aromatic carbocycles. The zero-order valence-electron chi connectivity index (χ0n) is 12.7. The highest BCUT2D eigenvalue weighted by Gasteiger charge is 2.20. The minimum atomic E-state index is -3.78. The molecule has 0 aliphatic heterocycles. The van der Waals surface area contributed by atoms with Crippen molar-refractivity contribution in [2.75, 3.05) is 4.72 Å². The number of benzene rings is 1. The molecule has 124 valence electrons. The van der Waals surface area contributed by atoms with Crippen LogP contribution in [-0.2, 0) is 10.0 Å². The Hall–Kier alpha value is -1.57. The van der Waals surface area contributed by atoms with E-state index in [4.69, 9.17) is 11.6 Å². The molecule has 1 atom stereocenters. The molecule has 0 spiro atoms. The molecular weight excluding hydrogens is 356 g/mol. The van der Waals surface area contributed by atoms with Gasteiger partial charge in [0, 0.05) is 6.04 Å². The molecule has 8 heteroatoms. The molecule has 0 saturated heterocycles. The second-order valence-electron chi connectivity index (χ2n) is 4.99. The van der Waals surface area contributed by atoms with E-state index in [9.17, 15) is 13.2 Å². The number of halogens is 1. The van der Waals surface area contributed by atoms with Gasteiger partial charge in [0.05, 0.1) is 15.6 Å². The summed E-state index contributed by atoms with van der Waals surface area (Å²) in [4.78, 5) is 12.3. The van der Waals surface area contributed by atoms with Crippen LogP contribution in [0.1, 0.15) is 30.6 Å². The Morgan fingerprint density at radius 2 is 1.96 bits per heavy atom. The number of nitrogens with one attached hydrogen (secondary N) is 2. The number of sulfonamides is 1. The van der Waals surface area contributed by atoms with Crippen molar-refractivity contribution in [3.05, 3.63) is 46.3 Å². The number of carbonyl (C=O) groups is 1. The highest BCUT2D eigenvalue weighted by Crippen LogP contribution is 2.28. The van der Waals surface area contributed by atoms with Gasteiger partial charge in [-0.3, -0.25) is 9.52 Å². The highest BCUT2D eigenvalue weighted by molar-refractivity contribution is 7.94. The first kappa shape index (κ1) is 17.8. The highest BCUT2D eigenvalue weighted by atomic mass is 35.5. The number of para-hydroxylation sites is 1. The summed E-state index contributed by atoms with van der Waals surface area (Å²) in [5.41, 5.74) is 0.511. The second kappa shape index (κ2) is 7.33. The first-order chi connectivity index (χ1) is 10.8. The van der Waals surface area contributed by atoms with Crippen LogP contribution in [0.2, 0.25) is 4.34 Å². The van der Waals surface area contributed by atoms with Gasteiger partial charge in [0.15, 0.2) is 0 Å². The Bertz CT molecular complexity index is 803. The molecule has 0 aliphatic rings. The van der Waals surface area contributed by atoms with Crippen LogP contribution in [0, 0.1) is 0 Å². The van der Waals surface area contributed by atoms with Crippen LogP contribution >= 0.6 is 22.9 Å². The van der Waals surface area contributed by atoms with Crippen molar-refractivity contribution in [1.29, 1.82) is 0 Å². The van der Waals surface area contributed by atoms with E-state index >= 15 is 0 Å². The quantitative estimate of drug-likeness (QED) is 0.811. The summed E-state index contributed by atoms with van der Waals surface area (Å²) in [5, 5.41) is 2.82. The van der Waals surface area contributed by atoms with E-state index in [2.05, 4.69) is 10.0 Å².